The van der Waals surface area contributed by atoms with Crippen LogP contribution in [0.3, 0.4) is 0 Å². The van der Waals surface area contributed by atoms with E-state index in [0.717, 1.165) is 46.3 Å². The third-order valence-electron chi connectivity index (χ3n) is 5.38. The molecule has 4 aromatic rings. The molecule has 1 amide bonds. The number of aromatic nitrogens is 5. The highest BCUT2D eigenvalue weighted by atomic mass is 32.2. The van der Waals surface area contributed by atoms with Gasteiger partial charge in [-0.2, -0.15) is 16.9 Å². The summed E-state index contributed by atoms with van der Waals surface area (Å²) in [5.41, 5.74) is 4.56. The molecule has 3 aromatic heterocycles. The van der Waals surface area contributed by atoms with Crippen molar-refractivity contribution in [3.05, 3.63) is 77.5 Å². The Morgan fingerprint density at radius 3 is 2.65 bits per heavy atom. The van der Waals surface area contributed by atoms with Gasteiger partial charge in [-0.25, -0.2) is 4.68 Å². The van der Waals surface area contributed by atoms with E-state index < -0.39 is 0 Å². The normalized spacial score (nSPS) is 12.2. The van der Waals surface area contributed by atoms with Crippen LogP contribution in [0.25, 0.3) is 11.3 Å². The first-order valence-electron chi connectivity index (χ1n) is 10.3. The molecule has 0 radical (unpaired) electrons. The summed E-state index contributed by atoms with van der Waals surface area (Å²) in [6.07, 6.45) is 5.05. The van der Waals surface area contributed by atoms with Crippen molar-refractivity contribution >= 4 is 23.3 Å². The van der Waals surface area contributed by atoms with E-state index in [-0.39, 0.29) is 18.4 Å². The number of pyridine rings is 1. The van der Waals surface area contributed by atoms with Crippen LogP contribution in [-0.2, 0) is 11.2 Å². The Balaban J connectivity index is 1.55. The number of thioether (sulfide) groups is 1. The monoisotopic (exact) mass is 434 g/mol. The highest BCUT2D eigenvalue weighted by Gasteiger charge is 2.22. The maximum Gasteiger partial charge on any atom is 0.225 e. The minimum Gasteiger partial charge on any atom is -0.346 e. The second kappa shape index (κ2) is 9.34. The standard InChI is InChI=1S/C23H26N6OS/c1-16-19(17(2)29(27-16)18-9-5-4-6-10-18)15-22(30)24-20(12-14-31-3)23-26-25-21-11-7-8-13-28(21)23/h4-11,13,20H,12,14-15H2,1-3H3,(H,24,30). The third kappa shape index (κ3) is 4.49. The second-order valence-corrected chi connectivity index (χ2v) is 8.45. The quantitative estimate of drug-likeness (QED) is 0.458. The molecule has 0 saturated carbocycles. The lowest BCUT2D eigenvalue weighted by Gasteiger charge is -2.17. The number of rotatable bonds is 8. The summed E-state index contributed by atoms with van der Waals surface area (Å²) in [5, 5.41) is 16.5. The lowest BCUT2D eigenvalue weighted by Crippen LogP contribution is -2.31. The summed E-state index contributed by atoms with van der Waals surface area (Å²) in [6.45, 7) is 3.96. The molecule has 0 aliphatic rings. The van der Waals surface area contributed by atoms with Gasteiger partial charge in [0.05, 0.1) is 23.8 Å². The molecule has 160 valence electrons. The third-order valence-corrected chi connectivity index (χ3v) is 6.02. The number of benzene rings is 1. The summed E-state index contributed by atoms with van der Waals surface area (Å²) >= 11 is 1.75. The first-order chi connectivity index (χ1) is 15.1. The first-order valence-corrected chi connectivity index (χ1v) is 11.7. The number of nitrogens with zero attached hydrogens (tertiary/aromatic N) is 5. The lowest BCUT2D eigenvalue weighted by molar-refractivity contribution is -0.121. The maximum atomic E-state index is 13.1. The van der Waals surface area contributed by atoms with E-state index in [0.29, 0.717) is 0 Å². The number of aryl methyl sites for hydroxylation is 1. The van der Waals surface area contributed by atoms with Crippen LogP contribution in [-0.4, -0.2) is 42.3 Å². The summed E-state index contributed by atoms with van der Waals surface area (Å²) in [7, 11) is 0. The number of hydrogen-bond donors (Lipinski definition) is 1. The molecule has 1 N–H and O–H groups in total. The van der Waals surface area contributed by atoms with Crippen LogP contribution >= 0.6 is 11.8 Å². The largest absolute Gasteiger partial charge is 0.346 e. The zero-order chi connectivity index (χ0) is 21.8. The Bertz CT molecular complexity index is 1180. The molecule has 0 aliphatic heterocycles. The lowest BCUT2D eigenvalue weighted by atomic mass is 10.1. The number of nitrogens with one attached hydrogen (secondary N) is 1. The number of carbonyl (C=O) groups excluding carboxylic acids is 1. The minimum absolute atomic E-state index is 0.0439. The maximum absolute atomic E-state index is 13.1. The van der Waals surface area contributed by atoms with Gasteiger partial charge in [-0.15, -0.1) is 10.2 Å². The smallest absolute Gasteiger partial charge is 0.225 e. The molecule has 1 atom stereocenters. The van der Waals surface area contributed by atoms with Crippen LogP contribution in [0.2, 0.25) is 0 Å². The van der Waals surface area contributed by atoms with Crippen molar-refractivity contribution in [1.29, 1.82) is 0 Å². The number of fused-ring (bicyclic) bond motifs is 1. The van der Waals surface area contributed by atoms with Crippen molar-refractivity contribution in [3.8, 4) is 5.69 Å². The van der Waals surface area contributed by atoms with E-state index in [1.807, 2.05) is 77.7 Å². The van der Waals surface area contributed by atoms with Gasteiger partial charge in [-0.3, -0.25) is 9.20 Å². The summed E-state index contributed by atoms with van der Waals surface area (Å²) in [4.78, 5) is 13.1. The fraction of sp³-hybridized carbons (Fsp3) is 0.304. The van der Waals surface area contributed by atoms with Crippen LogP contribution in [0, 0.1) is 13.8 Å². The van der Waals surface area contributed by atoms with Crippen LogP contribution in [0.1, 0.15) is 35.2 Å². The van der Waals surface area contributed by atoms with E-state index in [1.165, 1.54) is 0 Å². The van der Waals surface area contributed by atoms with Gasteiger partial charge in [0, 0.05) is 17.5 Å². The van der Waals surface area contributed by atoms with Crippen molar-refractivity contribution < 1.29 is 4.79 Å². The highest BCUT2D eigenvalue weighted by Crippen LogP contribution is 2.21. The van der Waals surface area contributed by atoms with E-state index >= 15 is 0 Å². The average molecular weight is 435 g/mol. The van der Waals surface area contributed by atoms with Crippen LogP contribution in [0.15, 0.2) is 54.7 Å². The molecule has 1 aromatic carbocycles. The van der Waals surface area contributed by atoms with E-state index in [4.69, 9.17) is 0 Å². The Morgan fingerprint density at radius 2 is 1.87 bits per heavy atom. The highest BCUT2D eigenvalue weighted by molar-refractivity contribution is 7.98. The van der Waals surface area contributed by atoms with Gasteiger partial charge >= 0.3 is 0 Å². The molecule has 0 aliphatic carbocycles. The Kier molecular flexibility index (Phi) is 6.36. The summed E-state index contributed by atoms with van der Waals surface area (Å²) in [5.74, 6) is 1.63. The zero-order valence-electron chi connectivity index (χ0n) is 17.9. The molecule has 31 heavy (non-hydrogen) atoms. The van der Waals surface area contributed by atoms with Gasteiger partial charge in [0.15, 0.2) is 11.5 Å². The molecule has 0 spiro atoms. The molecule has 0 bridgehead atoms. The number of amides is 1. The molecule has 7 nitrogen and oxygen atoms in total. The van der Waals surface area contributed by atoms with Crippen molar-refractivity contribution in [2.24, 2.45) is 0 Å². The van der Waals surface area contributed by atoms with Gasteiger partial charge in [-0.1, -0.05) is 24.3 Å². The molecule has 0 fully saturated rings. The Morgan fingerprint density at radius 1 is 1.10 bits per heavy atom. The molecule has 8 heteroatoms. The van der Waals surface area contributed by atoms with Gasteiger partial charge in [-0.05, 0) is 56.5 Å². The van der Waals surface area contributed by atoms with Crippen molar-refractivity contribution in [2.45, 2.75) is 32.7 Å². The van der Waals surface area contributed by atoms with E-state index in [1.54, 1.807) is 11.8 Å². The van der Waals surface area contributed by atoms with Crippen LogP contribution < -0.4 is 5.32 Å². The van der Waals surface area contributed by atoms with Crippen LogP contribution in [0.4, 0.5) is 0 Å². The second-order valence-electron chi connectivity index (χ2n) is 7.46. The SMILES string of the molecule is CSCCC(NC(=O)Cc1c(C)nn(-c2ccccc2)c1C)c1nnc2ccccn12. The Labute approximate surface area is 185 Å². The molecule has 4 rings (SSSR count). The summed E-state index contributed by atoms with van der Waals surface area (Å²) < 4.78 is 3.84. The van der Waals surface area contributed by atoms with Gasteiger partial charge < -0.3 is 5.32 Å². The van der Waals surface area contributed by atoms with E-state index in [2.05, 4.69) is 26.9 Å². The number of hydrogen-bond acceptors (Lipinski definition) is 5. The Hall–Kier alpha value is -3.13. The minimum atomic E-state index is -0.206. The molecular formula is C23H26N6OS. The number of carbonyl (C=O) groups is 1. The molecule has 1 unspecified atom stereocenters. The van der Waals surface area contributed by atoms with Crippen molar-refractivity contribution in [2.75, 3.05) is 12.0 Å². The summed E-state index contributed by atoms with van der Waals surface area (Å²) in [6, 6.07) is 15.5. The van der Waals surface area contributed by atoms with Crippen LogP contribution in [0.5, 0.6) is 0 Å². The van der Waals surface area contributed by atoms with Crippen molar-refractivity contribution in [1.82, 2.24) is 29.7 Å². The molecular weight excluding hydrogens is 408 g/mol. The fourth-order valence-electron chi connectivity index (χ4n) is 3.76. The topological polar surface area (TPSA) is 77.1 Å². The molecule has 0 saturated heterocycles. The van der Waals surface area contributed by atoms with Gasteiger partial charge in [0.25, 0.3) is 0 Å². The first kappa shape index (κ1) is 21.1. The fourth-order valence-corrected chi connectivity index (χ4v) is 4.23. The zero-order valence-corrected chi connectivity index (χ0v) is 18.8. The van der Waals surface area contributed by atoms with E-state index in [9.17, 15) is 4.79 Å². The van der Waals surface area contributed by atoms with Gasteiger partial charge in [0.2, 0.25) is 5.91 Å². The predicted molar refractivity (Wildman–Crippen MR) is 124 cm³/mol. The number of para-hydroxylation sites is 1. The average Bonchev–Trinajstić information content (AvgIpc) is 3.34. The van der Waals surface area contributed by atoms with Gasteiger partial charge in [0.1, 0.15) is 0 Å². The predicted octanol–water partition coefficient (Wildman–Crippen LogP) is 3.68. The van der Waals surface area contributed by atoms with Crippen molar-refractivity contribution in [3.63, 3.8) is 0 Å². The molecule has 3 heterocycles.